The first-order valence-electron chi connectivity index (χ1n) is 5.00. The van der Waals surface area contributed by atoms with Gasteiger partial charge in [0.25, 0.3) is 0 Å². The van der Waals surface area contributed by atoms with Gasteiger partial charge in [-0.25, -0.2) is 0 Å². The van der Waals surface area contributed by atoms with Gasteiger partial charge < -0.3 is 0 Å². The first-order chi connectivity index (χ1) is 6.60. The van der Waals surface area contributed by atoms with Crippen molar-refractivity contribution < 1.29 is 0 Å². The van der Waals surface area contributed by atoms with Gasteiger partial charge in [0.05, 0.1) is 5.38 Å². The molecule has 0 saturated heterocycles. The number of hydrogen-bond donors (Lipinski definition) is 0. The van der Waals surface area contributed by atoms with Crippen LogP contribution in [0.5, 0.6) is 0 Å². The van der Waals surface area contributed by atoms with Gasteiger partial charge in [0, 0.05) is 14.2 Å². The van der Waals surface area contributed by atoms with Crippen LogP contribution >= 0.6 is 38.9 Å². The molecular weight excluding hydrogens is 280 g/mol. The molecule has 0 amide bonds. The van der Waals surface area contributed by atoms with E-state index in [-0.39, 0.29) is 5.38 Å². The molecule has 0 nitrogen and oxygen atoms in total. The molecule has 1 unspecified atom stereocenters. The Bertz CT molecular complexity index is 291. The van der Waals surface area contributed by atoms with Crippen molar-refractivity contribution >= 4 is 38.9 Å². The summed E-state index contributed by atoms with van der Waals surface area (Å²) in [5.41, 5.74) is 0. The fraction of sp³-hybridized carbons (Fsp3) is 0.636. The van der Waals surface area contributed by atoms with Gasteiger partial charge in [-0.05, 0) is 34.8 Å². The molecule has 1 aromatic heterocycles. The van der Waals surface area contributed by atoms with Crippen molar-refractivity contribution in [2.45, 2.75) is 39.0 Å². The monoisotopic (exact) mass is 294 g/mol. The second kappa shape index (κ2) is 5.53. The van der Waals surface area contributed by atoms with Crippen molar-refractivity contribution in [2.24, 2.45) is 5.92 Å². The highest BCUT2D eigenvalue weighted by molar-refractivity contribution is 9.10. The summed E-state index contributed by atoms with van der Waals surface area (Å²) in [6, 6.07) is 2.15. The fourth-order valence-electron chi connectivity index (χ4n) is 1.61. The van der Waals surface area contributed by atoms with Crippen LogP contribution in [0.2, 0.25) is 0 Å². The molecule has 0 bridgehead atoms. The van der Waals surface area contributed by atoms with E-state index < -0.39 is 0 Å². The largest absolute Gasteiger partial charge is 0.143 e. The van der Waals surface area contributed by atoms with Crippen molar-refractivity contribution in [2.75, 3.05) is 0 Å². The smallest absolute Gasteiger partial charge is 0.0717 e. The maximum Gasteiger partial charge on any atom is 0.0717 e. The average molecular weight is 296 g/mol. The lowest BCUT2D eigenvalue weighted by molar-refractivity contribution is 0.479. The lowest BCUT2D eigenvalue weighted by Crippen LogP contribution is -2.04. The molecular formula is C11H16BrClS. The minimum absolute atomic E-state index is 0.165. The Hall–Kier alpha value is 0.470. The fourth-order valence-corrected chi connectivity index (χ4v) is 4.31. The highest BCUT2D eigenvalue weighted by Crippen LogP contribution is 2.41. The number of rotatable bonds is 4. The molecule has 0 aromatic carbocycles. The minimum Gasteiger partial charge on any atom is -0.143 e. The summed E-state index contributed by atoms with van der Waals surface area (Å²) >= 11 is 11.8. The van der Waals surface area contributed by atoms with E-state index >= 15 is 0 Å². The van der Waals surface area contributed by atoms with Crippen molar-refractivity contribution in [3.05, 3.63) is 20.3 Å². The summed E-state index contributed by atoms with van der Waals surface area (Å²) in [5.74, 6) is 0.589. The topological polar surface area (TPSA) is 0 Å². The molecule has 0 aliphatic heterocycles. The molecule has 3 heteroatoms. The van der Waals surface area contributed by atoms with Crippen LogP contribution in [0.15, 0.2) is 10.5 Å². The summed E-state index contributed by atoms with van der Waals surface area (Å²) in [6.07, 6.45) is 2.29. The predicted molar refractivity (Wildman–Crippen MR) is 69.4 cm³/mol. The molecule has 1 rings (SSSR count). The van der Waals surface area contributed by atoms with Crippen molar-refractivity contribution in [3.8, 4) is 0 Å². The average Bonchev–Trinajstić information content (AvgIpc) is 2.47. The first-order valence-corrected chi connectivity index (χ1v) is 7.04. The van der Waals surface area contributed by atoms with Gasteiger partial charge in [0.1, 0.15) is 0 Å². The van der Waals surface area contributed by atoms with E-state index in [1.54, 1.807) is 11.3 Å². The van der Waals surface area contributed by atoms with Crippen LogP contribution in [0.1, 0.15) is 41.8 Å². The van der Waals surface area contributed by atoms with Crippen LogP contribution in [0.25, 0.3) is 0 Å². The zero-order valence-electron chi connectivity index (χ0n) is 8.81. The van der Waals surface area contributed by atoms with Gasteiger partial charge in [-0.2, -0.15) is 0 Å². The van der Waals surface area contributed by atoms with Crippen molar-refractivity contribution in [1.82, 2.24) is 0 Å². The number of thiophene rings is 1. The van der Waals surface area contributed by atoms with Gasteiger partial charge in [0.15, 0.2) is 0 Å². The van der Waals surface area contributed by atoms with Gasteiger partial charge in [-0.3, -0.25) is 0 Å². The quantitative estimate of drug-likeness (QED) is 0.640. The maximum absolute atomic E-state index is 6.47. The third-order valence-electron chi connectivity index (χ3n) is 2.55. The maximum atomic E-state index is 6.47. The lowest BCUT2D eigenvalue weighted by Gasteiger charge is -2.18. The third kappa shape index (κ3) is 2.74. The summed E-state index contributed by atoms with van der Waals surface area (Å²) < 4.78 is 1.17. The molecule has 1 aromatic rings. The summed E-state index contributed by atoms with van der Waals surface area (Å²) in [6.45, 7) is 6.53. The number of aryl methyl sites for hydroxylation is 1. The summed E-state index contributed by atoms with van der Waals surface area (Å²) in [4.78, 5) is 2.61. The van der Waals surface area contributed by atoms with E-state index in [9.17, 15) is 0 Å². The number of halogens is 2. The lowest BCUT2D eigenvalue weighted by atomic mass is 9.98. The van der Waals surface area contributed by atoms with Crippen LogP contribution in [-0.2, 0) is 0 Å². The second-order valence-electron chi connectivity index (χ2n) is 3.55. The van der Waals surface area contributed by atoms with Crippen LogP contribution in [0.3, 0.4) is 0 Å². The Kier molecular flexibility index (Phi) is 4.95. The highest BCUT2D eigenvalue weighted by Gasteiger charge is 2.21. The Morgan fingerprint density at radius 1 is 1.43 bits per heavy atom. The van der Waals surface area contributed by atoms with Crippen LogP contribution in [-0.4, -0.2) is 0 Å². The zero-order valence-corrected chi connectivity index (χ0v) is 12.0. The molecule has 14 heavy (non-hydrogen) atoms. The Morgan fingerprint density at radius 2 is 2.00 bits per heavy atom. The molecule has 1 heterocycles. The summed E-state index contributed by atoms with van der Waals surface area (Å²) in [5, 5.41) is 0.165. The SMILES string of the molecule is CCC(CC)C(Cl)c1sc(C)cc1Br. The molecule has 0 saturated carbocycles. The normalized spacial score (nSPS) is 13.6. The Labute approximate surface area is 104 Å². The molecule has 0 N–H and O–H groups in total. The molecule has 1 atom stereocenters. The van der Waals surface area contributed by atoms with E-state index in [0.29, 0.717) is 5.92 Å². The van der Waals surface area contributed by atoms with Crippen LogP contribution in [0, 0.1) is 12.8 Å². The summed E-state index contributed by atoms with van der Waals surface area (Å²) in [7, 11) is 0. The van der Waals surface area contributed by atoms with E-state index in [2.05, 4.69) is 42.8 Å². The van der Waals surface area contributed by atoms with Crippen LogP contribution < -0.4 is 0 Å². The Morgan fingerprint density at radius 3 is 2.36 bits per heavy atom. The molecule has 80 valence electrons. The predicted octanol–water partition coefficient (Wildman–Crippen LogP) is 5.54. The Balaban J connectivity index is 2.87. The van der Waals surface area contributed by atoms with Gasteiger partial charge in [-0.1, -0.05) is 26.7 Å². The molecule has 0 fully saturated rings. The van der Waals surface area contributed by atoms with Gasteiger partial charge in [0.2, 0.25) is 0 Å². The molecule has 0 radical (unpaired) electrons. The highest BCUT2D eigenvalue weighted by atomic mass is 79.9. The standard InChI is InChI=1S/C11H16BrClS/c1-4-8(5-2)10(13)11-9(12)6-7(3)14-11/h6,8,10H,4-5H2,1-3H3. The second-order valence-corrected chi connectivity index (χ2v) is 6.16. The van der Waals surface area contributed by atoms with Crippen molar-refractivity contribution in [1.29, 1.82) is 0 Å². The van der Waals surface area contributed by atoms with E-state index in [1.807, 2.05) is 0 Å². The van der Waals surface area contributed by atoms with Crippen molar-refractivity contribution in [3.63, 3.8) is 0 Å². The number of alkyl halides is 1. The molecule has 0 aliphatic carbocycles. The van der Waals surface area contributed by atoms with Gasteiger partial charge >= 0.3 is 0 Å². The van der Waals surface area contributed by atoms with E-state index in [0.717, 1.165) is 12.8 Å². The number of hydrogen-bond acceptors (Lipinski definition) is 1. The first kappa shape index (κ1) is 12.5. The van der Waals surface area contributed by atoms with E-state index in [4.69, 9.17) is 11.6 Å². The van der Waals surface area contributed by atoms with Gasteiger partial charge in [-0.15, -0.1) is 22.9 Å². The van der Waals surface area contributed by atoms with Crippen LogP contribution in [0.4, 0.5) is 0 Å². The third-order valence-corrected chi connectivity index (χ3v) is 5.31. The molecule has 0 spiro atoms. The van der Waals surface area contributed by atoms with E-state index in [1.165, 1.54) is 14.2 Å². The molecule has 0 aliphatic rings. The zero-order chi connectivity index (χ0) is 10.7. The minimum atomic E-state index is 0.165.